The van der Waals surface area contributed by atoms with Gasteiger partial charge in [0.05, 0.1) is 17.3 Å². The third-order valence-electron chi connectivity index (χ3n) is 2.86. The van der Waals surface area contributed by atoms with Gasteiger partial charge in [-0.15, -0.1) is 0 Å². The lowest BCUT2D eigenvalue weighted by Crippen LogP contribution is -2.44. The van der Waals surface area contributed by atoms with E-state index in [2.05, 4.69) is 10.5 Å². The summed E-state index contributed by atoms with van der Waals surface area (Å²) in [6.07, 6.45) is -5.23. The summed E-state index contributed by atoms with van der Waals surface area (Å²) in [5, 5.41) is 41.6. The van der Waals surface area contributed by atoms with Crippen LogP contribution < -0.4 is 10.2 Å². The molecular weight excluding hydrogens is 363 g/mol. The van der Waals surface area contributed by atoms with Crippen LogP contribution in [0.5, 0.6) is 5.75 Å². The third-order valence-corrected chi connectivity index (χ3v) is 3.39. The van der Waals surface area contributed by atoms with Crippen molar-refractivity contribution in [2.45, 2.75) is 31.3 Å². The molecule has 0 heterocycles. The fraction of sp³-hybridized carbons (Fsp3) is 0.429. The lowest BCUT2D eigenvalue weighted by atomic mass is 10.1. The number of hydrazone groups is 1. The van der Waals surface area contributed by atoms with Crippen LogP contribution in [0.1, 0.15) is 6.92 Å². The smallest absolute Gasteiger partial charge is 0.277 e. The van der Waals surface area contributed by atoms with Crippen molar-refractivity contribution < 1.29 is 30.0 Å². The van der Waals surface area contributed by atoms with Gasteiger partial charge in [-0.05, 0) is 25.1 Å². The van der Waals surface area contributed by atoms with Gasteiger partial charge in [-0.3, -0.25) is 4.79 Å². The number of carbonyl (C=O) groups excluding carboxylic acids is 1. The molecule has 4 atom stereocenters. The molecule has 5 N–H and O–H groups in total. The number of hydrogen-bond donors (Lipinski definition) is 5. The number of benzene rings is 1. The van der Waals surface area contributed by atoms with Crippen LogP contribution in [0.2, 0.25) is 10.0 Å². The van der Waals surface area contributed by atoms with Gasteiger partial charge in [0.1, 0.15) is 24.1 Å². The van der Waals surface area contributed by atoms with Crippen LogP contribution >= 0.6 is 23.2 Å². The predicted octanol–water partition coefficient (Wildman–Crippen LogP) is -0.0623. The van der Waals surface area contributed by atoms with Gasteiger partial charge in [0.25, 0.3) is 5.91 Å². The largest absolute Gasteiger partial charge is 0.482 e. The second-order valence-electron chi connectivity index (χ2n) is 4.89. The van der Waals surface area contributed by atoms with E-state index in [4.69, 9.17) is 33.0 Å². The number of ether oxygens (including phenoxy) is 1. The number of aliphatic hydroxyl groups is 4. The number of hydrogen-bond acceptors (Lipinski definition) is 7. The van der Waals surface area contributed by atoms with Gasteiger partial charge in [-0.2, -0.15) is 5.10 Å². The fourth-order valence-corrected chi connectivity index (χ4v) is 1.99. The maximum absolute atomic E-state index is 11.5. The highest BCUT2D eigenvalue weighted by atomic mass is 35.5. The Labute approximate surface area is 148 Å². The molecule has 0 aliphatic carbocycles. The first-order valence-corrected chi connectivity index (χ1v) is 7.60. The second kappa shape index (κ2) is 9.77. The topological polar surface area (TPSA) is 132 Å². The lowest BCUT2D eigenvalue weighted by molar-refractivity contribution is -0.123. The van der Waals surface area contributed by atoms with E-state index in [0.29, 0.717) is 5.02 Å². The second-order valence-corrected chi connectivity index (χ2v) is 5.73. The molecule has 0 unspecified atom stereocenters. The average molecular weight is 381 g/mol. The summed E-state index contributed by atoms with van der Waals surface area (Å²) in [5.74, 6) is -0.384. The molecular formula is C14H18Cl2N2O6. The molecule has 0 aliphatic heterocycles. The SMILES string of the molecule is C[C@H](O)[C@H](O)[C@@H](O)[C@H](O)/C=N\NC(=O)COc1ccc(Cl)cc1Cl. The summed E-state index contributed by atoms with van der Waals surface area (Å²) >= 11 is 11.6. The highest BCUT2D eigenvalue weighted by Gasteiger charge is 2.27. The van der Waals surface area contributed by atoms with E-state index in [0.717, 1.165) is 6.21 Å². The first-order valence-electron chi connectivity index (χ1n) is 6.84. The van der Waals surface area contributed by atoms with E-state index in [-0.39, 0.29) is 10.8 Å². The third kappa shape index (κ3) is 6.60. The Hall–Kier alpha value is -1.42. The Kier molecular flexibility index (Phi) is 8.40. The first kappa shape index (κ1) is 20.6. The van der Waals surface area contributed by atoms with Crippen molar-refractivity contribution in [1.82, 2.24) is 5.43 Å². The molecule has 8 nitrogen and oxygen atoms in total. The molecule has 1 rings (SSSR count). The summed E-state index contributed by atoms with van der Waals surface area (Å²) in [6.45, 7) is 0.854. The zero-order valence-electron chi connectivity index (χ0n) is 12.6. The van der Waals surface area contributed by atoms with Gasteiger partial charge >= 0.3 is 0 Å². The number of rotatable bonds is 8. The van der Waals surface area contributed by atoms with E-state index in [1.165, 1.54) is 19.1 Å². The Morgan fingerprint density at radius 3 is 2.54 bits per heavy atom. The van der Waals surface area contributed by atoms with Crippen molar-refractivity contribution in [2.24, 2.45) is 5.10 Å². The normalized spacial score (nSPS) is 16.5. The number of halogens is 2. The number of carbonyl (C=O) groups is 1. The molecule has 0 radical (unpaired) electrons. The lowest BCUT2D eigenvalue weighted by Gasteiger charge is -2.22. The number of aliphatic hydroxyl groups excluding tert-OH is 4. The molecule has 1 aromatic rings. The van der Waals surface area contributed by atoms with Crippen molar-refractivity contribution in [2.75, 3.05) is 6.61 Å². The van der Waals surface area contributed by atoms with Crippen LogP contribution in [0, 0.1) is 0 Å². The first-order chi connectivity index (χ1) is 11.2. The summed E-state index contributed by atoms with van der Waals surface area (Å²) in [5.41, 5.74) is 2.06. The Morgan fingerprint density at radius 2 is 1.96 bits per heavy atom. The number of nitrogens with one attached hydrogen (secondary N) is 1. The molecule has 134 valence electrons. The highest BCUT2D eigenvalue weighted by Crippen LogP contribution is 2.27. The molecule has 0 fully saturated rings. The van der Waals surface area contributed by atoms with Gasteiger partial charge in [0.2, 0.25) is 0 Å². The van der Waals surface area contributed by atoms with Crippen molar-refractivity contribution in [3.63, 3.8) is 0 Å². The maximum Gasteiger partial charge on any atom is 0.277 e. The molecule has 0 aliphatic rings. The highest BCUT2D eigenvalue weighted by molar-refractivity contribution is 6.35. The molecule has 10 heteroatoms. The Morgan fingerprint density at radius 1 is 1.29 bits per heavy atom. The fourth-order valence-electron chi connectivity index (χ4n) is 1.53. The Balaban J connectivity index is 2.42. The minimum absolute atomic E-state index is 0.240. The maximum atomic E-state index is 11.5. The summed E-state index contributed by atoms with van der Waals surface area (Å²) in [4.78, 5) is 11.5. The molecule has 0 aromatic heterocycles. The number of amides is 1. The molecule has 1 amide bonds. The molecule has 0 saturated heterocycles. The average Bonchev–Trinajstić information content (AvgIpc) is 2.52. The van der Waals surface area contributed by atoms with Crippen LogP contribution in [0.4, 0.5) is 0 Å². The molecule has 0 spiro atoms. The minimum Gasteiger partial charge on any atom is -0.482 e. The van der Waals surface area contributed by atoms with Gasteiger partial charge < -0.3 is 25.2 Å². The standard InChI is InChI=1S/C14H18Cl2N2O6/c1-7(19)13(22)14(23)10(20)5-17-18-12(21)6-24-11-3-2-8(15)4-9(11)16/h2-5,7,10,13-14,19-20,22-23H,6H2,1H3,(H,18,21)/b17-5-/t7-,10+,13-,14-/m0/s1. The molecule has 0 bridgehead atoms. The molecule has 1 aromatic carbocycles. The van der Waals surface area contributed by atoms with Crippen molar-refractivity contribution in [3.05, 3.63) is 28.2 Å². The minimum atomic E-state index is -1.66. The zero-order valence-corrected chi connectivity index (χ0v) is 14.1. The summed E-state index contributed by atoms with van der Waals surface area (Å²) in [6, 6.07) is 4.50. The van der Waals surface area contributed by atoms with E-state index in [1.807, 2.05) is 0 Å². The van der Waals surface area contributed by atoms with Crippen molar-refractivity contribution in [3.8, 4) is 5.75 Å². The zero-order chi connectivity index (χ0) is 18.3. The van der Waals surface area contributed by atoms with Crippen LogP contribution in [0.3, 0.4) is 0 Å². The van der Waals surface area contributed by atoms with Crippen molar-refractivity contribution >= 4 is 35.3 Å². The van der Waals surface area contributed by atoms with E-state index < -0.39 is 36.9 Å². The van der Waals surface area contributed by atoms with Crippen LogP contribution in [0.15, 0.2) is 23.3 Å². The quantitative estimate of drug-likeness (QED) is 0.317. The molecule has 24 heavy (non-hydrogen) atoms. The van der Waals surface area contributed by atoms with E-state index in [9.17, 15) is 20.1 Å². The van der Waals surface area contributed by atoms with Crippen molar-refractivity contribution in [1.29, 1.82) is 0 Å². The van der Waals surface area contributed by atoms with Gasteiger partial charge in [-0.1, -0.05) is 23.2 Å². The van der Waals surface area contributed by atoms with E-state index >= 15 is 0 Å². The monoisotopic (exact) mass is 380 g/mol. The summed E-state index contributed by atoms with van der Waals surface area (Å²) in [7, 11) is 0. The van der Waals surface area contributed by atoms with E-state index in [1.54, 1.807) is 6.07 Å². The van der Waals surface area contributed by atoms with Gasteiger partial charge in [0, 0.05) is 5.02 Å². The summed E-state index contributed by atoms with van der Waals surface area (Å²) < 4.78 is 5.17. The number of nitrogens with zero attached hydrogens (tertiary/aromatic N) is 1. The van der Waals surface area contributed by atoms with Gasteiger partial charge in [0.15, 0.2) is 6.61 Å². The van der Waals surface area contributed by atoms with Crippen LogP contribution in [-0.2, 0) is 4.79 Å². The van der Waals surface area contributed by atoms with Crippen LogP contribution in [0.25, 0.3) is 0 Å². The van der Waals surface area contributed by atoms with Crippen LogP contribution in [-0.4, -0.2) is 63.6 Å². The van der Waals surface area contributed by atoms with Gasteiger partial charge in [-0.25, -0.2) is 5.43 Å². The predicted molar refractivity (Wildman–Crippen MR) is 88.3 cm³/mol. The Bertz CT molecular complexity index is 584. The molecule has 0 saturated carbocycles.